The summed E-state index contributed by atoms with van der Waals surface area (Å²) in [5.74, 6) is -4.63. The largest absolute Gasteiger partial charge is 0.481 e. The number of hydrogen-bond acceptors (Lipinski definition) is 8. The number of nitrogens with zero attached hydrogens (tertiary/aromatic N) is 2. The third kappa shape index (κ3) is 11.4. The number of carboxylic acid groups (broad SMARTS) is 1. The van der Waals surface area contributed by atoms with E-state index in [0.717, 1.165) is 27.5 Å². The van der Waals surface area contributed by atoms with Crippen molar-refractivity contribution < 1.29 is 34.2 Å². The highest BCUT2D eigenvalue weighted by Crippen LogP contribution is 2.24. The zero-order valence-electron chi connectivity index (χ0n) is 30.9. The van der Waals surface area contributed by atoms with Crippen LogP contribution in [0.1, 0.15) is 67.1 Å². The van der Waals surface area contributed by atoms with Crippen LogP contribution in [-0.4, -0.2) is 73.9 Å². The van der Waals surface area contributed by atoms with E-state index in [9.17, 15) is 34.2 Å². The lowest BCUT2D eigenvalue weighted by molar-refractivity contribution is -0.140. The van der Waals surface area contributed by atoms with E-state index in [1.807, 2.05) is 80.6 Å². The lowest BCUT2D eigenvalue weighted by Crippen LogP contribution is -2.58. The fourth-order valence-corrected chi connectivity index (χ4v) is 6.44. The number of pyridine rings is 1. The zero-order chi connectivity index (χ0) is 39.4. The van der Waals surface area contributed by atoms with Crippen LogP contribution in [0.2, 0.25) is 0 Å². The highest BCUT2D eigenvalue weighted by atomic mass is 16.4. The molecular weight excluding hydrogens is 688 g/mol. The van der Waals surface area contributed by atoms with Crippen molar-refractivity contribution in [1.82, 2.24) is 20.5 Å². The van der Waals surface area contributed by atoms with Gasteiger partial charge in [0, 0.05) is 37.8 Å². The normalized spacial score (nSPS) is 14.0. The summed E-state index contributed by atoms with van der Waals surface area (Å²) in [6, 6.07) is 20.7. The Labute approximate surface area is 315 Å². The number of primary amides is 1. The minimum atomic E-state index is -1.54. The number of hydrogen-bond donors (Lipinski definition) is 6. The highest BCUT2D eigenvalue weighted by Gasteiger charge is 2.36. The Morgan fingerprint density at radius 3 is 2.22 bits per heavy atom. The molecule has 13 nitrogen and oxygen atoms in total. The number of aliphatic hydroxyl groups is 1. The van der Waals surface area contributed by atoms with Crippen LogP contribution in [0.25, 0.3) is 10.8 Å². The number of carbonyl (C=O) groups is 5. The lowest BCUT2D eigenvalue weighted by Gasteiger charge is -2.34. The van der Waals surface area contributed by atoms with Gasteiger partial charge in [-0.1, -0.05) is 87.5 Å². The molecule has 4 rings (SSSR count). The number of aromatic nitrogens is 1. The van der Waals surface area contributed by atoms with Crippen LogP contribution in [-0.2, 0) is 38.7 Å². The van der Waals surface area contributed by atoms with Gasteiger partial charge in [0.25, 0.3) is 5.91 Å². The average Bonchev–Trinajstić information content (AvgIpc) is 3.15. The monoisotopic (exact) mass is 738 g/mol. The first-order valence-corrected chi connectivity index (χ1v) is 18.0. The molecule has 0 fully saturated rings. The molecular formula is C41H50N6O7. The van der Waals surface area contributed by atoms with E-state index in [-0.39, 0.29) is 43.8 Å². The molecule has 5 atom stereocenters. The molecule has 0 spiro atoms. The topological polar surface area (TPSA) is 218 Å². The Morgan fingerprint density at radius 2 is 1.56 bits per heavy atom. The van der Waals surface area contributed by atoms with Crippen LogP contribution >= 0.6 is 0 Å². The molecule has 0 aliphatic rings. The van der Waals surface area contributed by atoms with E-state index < -0.39 is 66.2 Å². The van der Waals surface area contributed by atoms with Gasteiger partial charge in [-0.2, -0.15) is 0 Å². The van der Waals surface area contributed by atoms with Crippen molar-refractivity contribution in [2.24, 2.45) is 23.3 Å². The number of fused-ring (bicyclic) bond motifs is 1. The molecule has 0 bridgehead atoms. The third-order valence-electron chi connectivity index (χ3n) is 9.33. The summed E-state index contributed by atoms with van der Waals surface area (Å²) in [6.07, 6.45) is 0.871. The molecule has 286 valence electrons. The fourth-order valence-electron chi connectivity index (χ4n) is 6.44. The first kappa shape index (κ1) is 41.1. The second-order valence-corrected chi connectivity index (χ2v) is 14.1. The summed E-state index contributed by atoms with van der Waals surface area (Å²) in [7, 11) is 0. The van der Waals surface area contributed by atoms with Gasteiger partial charge in [0.15, 0.2) is 0 Å². The SMILES string of the molecule is CC(C)C[C@H](NC(=O)[C@H](Cc1cccc2ccccc12)N(Cc1cccc(CN)c1)C(=O)c1cccnc1)C(=O)N[C@@H](CC(C)C(N)=O)[C@@H](O)CC(=O)O. The molecule has 1 heterocycles. The van der Waals surface area contributed by atoms with Crippen molar-refractivity contribution >= 4 is 40.4 Å². The quantitative estimate of drug-likeness (QED) is 0.0831. The third-order valence-corrected chi connectivity index (χ3v) is 9.33. The maximum Gasteiger partial charge on any atom is 0.306 e. The van der Waals surface area contributed by atoms with Gasteiger partial charge < -0.3 is 37.2 Å². The first-order chi connectivity index (χ1) is 25.8. The summed E-state index contributed by atoms with van der Waals surface area (Å²) in [5, 5.41) is 27.6. The van der Waals surface area contributed by atoms with Gasteiger partial charge in [0.05, 0.1) is 24.1 Å². The van der Waals surface area contributed by atoms with Gasteiger partial charge in [-0.15, -0.1) is 0 Å². The van der Waals surface area contributed by atoms with Crippen LogP contribution < -0.4 is 22.1 Å². The van der Waals surface area contributed by atoms with Crippen LogP contribution in [0.3, 0.4) is 0 Å². The summed E-state index contributed by atoms with van der Waals surface area (Å²) in [5.41, 5.74) is 14.0. The molecule has 0 aliphatic carbocycles. The Bertz CT molecular complexity index is 1920. The molecule has 8 N–H and O–H groups in total. The number of carboxylic acids is 1. The Balaban J connectivity index is 1.78. The van der Waals surface area contributed by atoms with E-state index in [1.165, 1.54) is 18.0 Å². The molecule has 1 unspecified atom stereocenters. The number of aliphatic carboxylic acids is 1. The van der Waals surface area contributed by atoms with E-state index in [2.05, 4.69) is 15.6 Å². The van der Waals surface area contributed by atoms with Crippen LogP contribution in [0.15, 0.2) is 91.3 Å². The number of amides is 4. The standard InChI is InChI=1S/C41H50N6O7/c1-25(2)17-34(39(52)45-33(18-26(3)38(43)51)36(48)21-37(49)50)46-40(53)35(20-30-13-7-12-29-11-4-5-15-32(29)30)47(41(54)31-14-8-16-44-23-31)24-28-10-6-9-27(19-28)22-42/h4-16,19,23,25-26,33-36,48H,17-18,20-22,24,42H2,1-3H3,(H2,43,51)(H,45,52)(H,46,53)(H,49,50)/t26?,33-,34-,35-,36-/m0/s1. The summed E-state index contributed by atoms with van der Waals surface area (Å²) in [4.78, 5) is 72.2. The van der Waals surface area contributed by atoms with Gasteiger partial charge in [0.1, 0.15) is 12.1 Å². The van der Waals surface area contributed by atoms with Crippen molar-refractivity contribution in [3.63, 3.8) is 0 Å². The lowest BCUT2D eigenvalue weighted by atomic mass is 9.94. The molecule has 0 saturated heterocycles. The number of nitrogens with one attached hydrogen (secondary N) is 2. The zero-order valence-corrected chi connectivity index (χ0v) is 30.9. The van der Waals surface area contributed by atoms with Gasteiger partial charge in [-0.25, -0.2) is 0 Å². The predicted molar refractivity (Wildman–Crippen MR) is 204 cm³/mol. The minimum absolute atomic E-state index is 0.0277. The van der Waals surface area contributed by atoms with E-state index >= 15 is 0 Å². The molecule has 54 heavy (non-hydrogen) atoms. The summed E-state index contributed by atoms with van der Waals surface area (Å²) < 4.78 is 0. The number of rotatable bonds is 19. The number of benzene rings is 3. The maximum atomic E-state index is 14.8. The summed E-state index contributed by atoms with van der Waals surface area (Å²) >= 11 is 0. The Kier molecular flexibility index (Phi) is 14.8. The molecule has 13 heteroatoms. The van der Waals surface area contributed by atoms with Crippen LogP contribution in [0.4, 0.5) is 0 Å². The fraction of sp³-hybridized carbons (Fsp3) is 0.366. The Morgan fingerprint density at radius 1 is 0.852 bits per heavy atom. The number of carbonyl (C=O) groups excluding carboxylic acids is 4. The first-order valence-electron chi connectivity index (χ1n) is 18.0. The highest BCUT2D eigenvalue weighted by molar-refractivity contribution is 5.99. The number of aliphatic hydroxyl groups excluding tert-OH is 1. The second kappa shape index (κ2) is 19.4. The molecule has 3 aromatic carbocycles. The van der Waals surface area contributed by atoms with Crippen molar-refractivity contribution in [3.8, 4) is 0 Å². The smallest absolute Gasteiger partial charge is 0.306 e. The van der Waals surface area contributed by atoms with E-state index in [0.29, 0.717) is 0 Å². The van der Waals surface area contributed by atoms with Crippen molar-refractivity contribution in [3.05, 3.63) is 114 Å². The molecule has 4 amide bonds. The number of nitrogens with two attached hydrogens (primary N) is 2. The molecule has 1 aromatic heterocycles. The maximum absolute atomic E-state index is 14.8. The van der Waals surface area contributed by atoms with Gasteiger partial charge in [0.2, 0.25) is 17.7 Å². The van der Waals surface area contributed by atoms with Crippen molar-refractivity contribution in [2.75, 3.05) is 0 Å². The van der Waals surface area contributed by atoms with E-state index in [4.69, 9.17) is 11.5 Å². The molecule has 0 aliphatic heterocycles. The molecule has 0 saturated carbocycles. The van der Waals surface area contributed by atoms with Crippen LogP contribution in [0, 0.1) is 11.8 Å². The Hall–Kier alpha value is -5.66. The molecule has 4 aromatic rings. The van der Waals surface area contributed by atoms with E-state index in [1.54, 1.807) is 18.3 Å². The second-order valence-electron chi connectivity index (χ2n) is 14.1. The van der Waals surface area contributed by atoms with Gasteiger partial charge in [-0.05, 0) is 58.4 Å². The van der Waals surface area contributed by atoms with Crippen molar-refractivity contribution in [2.45, 2.75) is 83.8 Å². The molecule has 0 radical (unpaired) electrons. The van der Waals surface area contributed by atoms with Gasteiger partial charge >= 0.3 is 5.97 Å². The minimum Gasteiger partial charge on any atom is -0.481 e. The van der Waals surface area contributed by atoms with Crippen molar-refractivity contribution in [1.29, 1.82) is 0 Å². The van der Waals surface area contributed by atoms with Gasteiger partial charge in [-0.3, -0.25) is 29.0 Å². The van der Waals surface area contributed by atoms with Crippen LogP contribution in [0.5, 0.6) is 0 Å². The predicted octanol–water partition coefficient (Wildman–Crippen LogP) is 3.31. The summed E-state index contributed by atoms with van der Waals surface area (Å²) in [6.45, 7) is 5.55. The average molecular weight is 739 g/mol.